The van der Waals surface area contributed by atoms with E-state index < -0.39 is 0 Å². The predicted molar refractivity (Wildman–Crippen MR) is 75.5 cm³/mol. The zero-order chi connectivity index (χ0) is 14.5. The van der Waals surface area contributed by atoms with Crippen molar-refractivity contribution in [2.24, 2.45) is 5.92 Å². The molecule has 1 saturated carbocycles. The quantitative estimate of drug-likeness (QED) is 0.857. The summed E-state index contributed by atoms with van der Waals surface area (Å²) in [7, 11) is 0. The van der Waals surface area contributed by atoms with Crippen molar-refractivity contribution in [1.29, 1.82) is 0 Å². The van der Waals surface area contributed by atoms with Gasteiger partial charge in [-0.3, -0.25) is 0 Å². The van der Waals surface area contributed by atoms with E-state index in [0.717, 1.165) is 19.3 Å². The van der Waals surface area contributed by atoms with Gasteiger partial charge < -0.3 is 19.9 Å². The Morgan fingerprint density at radius 2 is 1.80 bits per heavy atom. The minimum Gasteiger partial charge on any atom is -0.449 e. The van der Waals surface area contributed by atoms with Crippen molar-refractivity contribution >= 4 is 12.1 Å². The smallest absolute Gasteiger partial charge is 0.409 e. The summed E-state index contributed by atoms with van der Waals surface area (Å²) in [5, 5.41) is 2.99. The van der Waals surface area contributed by atoms with Crippen LogP contribution >= 0.6 is 0 Å². The van der Waals surface area contributed by atoms with Crippen LogP contribution in [0, 0.1) is 5.92 Å². The molecule has 20 heavy (non-hydrogen) atoms. The standard InChI is InChI=1S/C14H25N3O3/c1-11(2)10-20-14(19)17-7-3-6-16(8-9-17)13(18)15-12-4-5-12/h11-12H,3-10H2,1-2H3,(H,15,18). The average molecular weight is 283 g/mol. The summed E-state index contributed by atoms with van der Waals surface area (Å²) in [4.78, 5) is 27.4. The molecule has 0 aromatic heterocycles. The lowest BCUT2D eigenvalue weighted by Gasteiger charge is -2.22. The van der Waals surface area contributed by atoms with Crippen molar-refractivity contribution in [2.75, 3.05) is 32.8 Å². The lowest BCUT2D eigenvalue weighted by Crippen LogP contribution is -2.43. The fourth-order valence-electron chi connectivity index (χ4n) is 2.13. The fraction of sp³-hybridized carbons (Fsp3) is 0.857. The van der Waals surface area contributed by atoms with Gasteiger partial charge in [0.05, 0.1) is 6.61 Å². The van der Waals surface area contributed by atoms with Crippen molar-refractivity contribution in [3.63, 3.8) is 0 Å². The molecule has 1 N–H and O–H groups in total. The number of hydrogen-bond donors (Lipinski definition) is 1. The Kier molecular flexibility index (Phi) is 5.09. The van der Waals surface area contributed by atoms with Gasteiger partial charge in [0.2, 0.25) is 0 Å². The zero-order valence-corrected chi connectivity index (χ0v) is 12.4. The van der Waals surface area contributed by atoms with Gasteiger partial charge in [-0.1, -0.05) is 13.8 Å². The summed E-state index contributed by atoms with van der Waals surface area (Å²) in [5.74, 6) is 0.340. The van der Waals surface area contributed by atoms with Crippen LogP contribution in [-0.4, -0.2) is 60.8 Å². The van der Waals surface area contributed by atoms with Crippen LogP contribution in [0.15, 0.2) is 0 Å². The Labute approximate surface area is 120 Å². The minimum atomic E-state index is -0.261. The molecule has 0 aromatic carbocycles. The summed E-state index contributed by atoms with van der Waals surface area (Å²) in [6, 6.07) is 0.378. The van der Waals surface area contributed by atoms with Crippen LogP contribution in [0.1, 0.15) is 33.1 Å². The summed E-state index contributed by atoms with van der Waals surface area (Å²) >= 11 is 0. The molecule has 1 saturated heterocycles. The van der Waals surface area contributed by atoms with E-state index >= 15 is 0 Å². The highest BCUT2D eigenvalue weighted by molar-refractivity contribution is 5.75. The van der Waals surface area contributed by atoms with Crippen LogP contribution in [0.25, 0.3) is 0 Å². The maximum absolute atomic E-state index is 12.0. The maximum Gasteiger partial charge on any atom is 0.409 e. The van der Waals surface area contributed by atoms with Crippen molar-refractivity contribution in [3.05, 3.63) is 0 Å². The minimum absolute atomic E-state index is 0.00453. The first-order valence-corrected chi connectivity index (χ1v) is 7.53. The molecule has 6 nitrogen and oxygen atoms in total. The van der Waals surface area contributed by atoms with Gasteiger partial charge >= 0.3 is 12.1 Å². The third-order valence-electron chi connectivity index (χ3n) is 3.49. The van der Waals surface area contributed by atoms with Gasteiger partial charge in [-0.15, -0.1) is 0 Å². The SMILES string of the molecule is CC(C)COC(=O)N1CCCN(C(=O)NC2CC2)CC1. The van der Waals surface area contributed by atoms with Crippen molar-refractivity contribution < 1.29 is 14.3 Å². The van der Waals surface area contributed by atoms with E-state index in [-0.39, 0.29) is 12.1 Å². The fourth-order valence-corrected chi connectivity index (χ4v) is 2.13. The molecule has 1 aliphatic heterocycles. The molecule has 6 heteroatoms. The zero-order valence-electron chi connectivity index (χ0n) is 12.4. The van der Waals surface area contributed by atoms with Crippen LogP contribution in [0.4, 0.5) is 9.59 Å². The second kappa shape index (κ2) is 6.81. The highest BCUT2D eigenvalue weighted by Gasteiger charge is 2.27. The number of nitrogens with one attached hydrogen (secondary N) is 1. The molecule has 1 aliphatic carbocycles. The molecular weight excluding hydrogens is 258 g/mol. The number of hydrogen-bond acceptors (Lipinski definition) is 3. The maximum atomic E-state index is 12.0. The highest BCUT2D eigenvalue weighted by atomic mass is 16.6. The number of amides is 3. The number of carbonyl (C=O) groups excluding carboxylic acids is 2. The molecule has 1 heterocycles. The Morgan fingerprint density at radius 1 is 1.15 bits per heavy atom. The molecule has 0 spiro atoms. The predicted octanol–water partition coefficient (Wildman–Crippen LogP) is 1.66. The number of urea groups is 1. The van der Waals surface area contributed by atoms with E-state index in [9.17, 15) is 9.59 Å². The molecule has 114 valence electrons. The van der Waals surface area contributed by atoms with E-state index in [1.165, 1.54) is 0 Å². The van der Waals surface area contributed by atoms with Crippen LogP contribution in [0.2, 0.25) is 0 Å². The van der Waals surface area contributed by atoms with E-state index in [4.69, 9.17) is 4.74 Å². The van der Waals surface area contributed by atoms with Crippen LogP contribution in [0.3, 0.4) is 0 Å². The normalized spacial score (nSPS) is 19.8. The van der Waals surface area contributed by atoms with Crippen molar-refractivity contribution in [1.82, 2.24) is 15.1 Å². The Morgan fingerprint density at radius 3 is 2.45 bits per heavy atom. The van der Waals surface area contributed by atoms with E-state index in [1.807, 2.05) is 13.8 Å². The Balaban J connectivity index is 1.75. The van der Waals surface area contributed by atoms with Crippen molar-refractivity contribution in [2.45, 2.75) is 39.2 Å². The van der Waals surface area contributed by atoms with E-state index in [2.05, 4.69) is 5.32 Å². The van der Waals surface area contributed by atoms with Gasteiger partial charge in [0, 0.05) is 32.2 Å². The van der Waals surface area contributed by atoms with Gasteiger partial charge in [-0.2, -0.15) is 0 Å². The Hall–Kier alpha value is -1.46. The summed E-state index contributed by atoms with van der Waals surface area (Å²) in [6.07, 6.45) is 2.72. The summed E-state index contributed by atoms with van der Waals surface area (Å²) < 4.78 is 5.24. The number of rotatable bonds is 3. The number of carbonyl (C=O) groups is 2. The third-order valence-corrected chi connectivity index (χ3v) is 3.49. The average Bonchev–Trinajstić information content (AvgIpc) is 3.21. The molecule has 0 aromatic rings. The van der Waals surface area contributed by atoms with Gasteiger partial charge in [0.15, 0.2) is 0 Å². The van der Waals surface area contributed by atoms with Gasteiger partial charge in [-0.05, 0) is 25.2 Å². The van der Waals surface area contributed by atoms with Crippen LogP contribution < -0.4 is 5.32 Å². The molecule has 0 radical (unpaired) electrons. The lowest BCUT2D eigenvalue weighted by atomic mass is 10.2. The first-order valence-electron chi connectivity index (χ1n) is 7.53. The first kappa shape index (κ1) is 14.9. The molecule has 0 atom stereocenters. The number of nitrogens with zero attached hydrogens (tertiary/aromatic N) is 2. The molecule has 3 amide bonds. The van der Waals surface area contributed by atoms with Gasteiger partial charge in [-0.25, -0.2) is 9.59 Å². The lowest BCUT2D eigenvalue weighted by molar-refractivity contribution is 0.0933. The molecule has 0 bridgehead atoms. The summed E-state index contributed by atoms with van der Waals surface area (Å²) in [6.45, 7) is 6.96. The van der Waals surface area contributed by atoms with Crippen LogP contribution in [0.5, 0.6) is 0 Å². The molecular formula is C14H25N3O3. The third kappa shape index (κ3) is 4.58. The molecule has 0 unspecified atom stereocenters. The molecule has 2 rings (SSSR count). The number of ether oxygens (including phenoxy) is 1. The van der Waals surface area contributed by atoms with Crippen LogP contribution in [-0.2, 0) is 4.74 Å². The van der Waals surface area contributed by atoms with Crippen molar-refractivity contribution in [3.8, 4) is 0 Å². The molecule has 2 fully saturated rings. The molecule has 2 aliphatic rings. The highest BCUT2D eigenvalue weighted by Crippen LogP contribution is 2.19. The van der Waals surface area contributed by atoms with Gasteiger partial charge in [0.1, 0.15) is 0 Å². The van der Waals surface area contributed by atoms with E-state index in [1.54, 1.807) is 9.80 Å². The monoisotopic (exact) mass is 283 g/mol. The summed E-state index contributed by atoms with van der Waals surface area (Å²) in [5.41, 5.74) is 0. The second-order valence-corrected chi connectivity index (χ2v) is 6.02. The largest absolute Gasteiger partial charge is 0.449 e. The first-order chi connectivity index (χ1) is 9.56. The van der Waals surface area contributed by atoms with E-state index in [0.29, 0.717) is 44.7 Å². The van der Waals surface area contributed by atoms with Gasteiger partial charge in [0.25, 0.3) is 0 Å². The second-order valence-electron chi connectivity index (χ2n) is 6.02. The topological polar surface area (TPSA) is 61.9 Å². The Bertz CT molecular complexity index is 356.